The second kappa shape index (κ2) is 10.8. The summed E-state index contributed by atoms with van der Waals surface area (Å²) >= 11 is 0. The molecule has 3 N–H and O–H groups in total. The quantitative estimate of drug-likeness (QED) is 0.382. The van der Waals surface area contributed by atoms with Crippen LogP contribution in [0.4, 0.5) is 11.6 Å². The SMILES string of the molecule is CCCCCCCNc1cc2c(nc(CCCC)n2Cc2ccccc2)c(N)n1. The molecular formula is C24H35N5. The van der Waals surface area contributed by atoms with E-state index in [4.69, 9.17) is 10.7 Å². The van der Waals surface area contributed by atoms with Gasteiger partial charge < -0.3 is 15.6 Å². The van der Waals surface area contributed by atoms with Crippen LogP contribution in [0, 0.1) is 0 Å². The van der Waals surface area contributed by atoms with Crippen molar-refractivity contribution in [3.05, 3.63) is 47.8 Å². The number of nitrogens with zero attached hydrogens (tertiary/aromatic N) is 3. The largest absolute Gasteiger partial charge is 0.382 e. The molecule has 0 aliphatic rings. The van der Waals surface area contributed by atoms with Gasteiger partial charge in [0.15, 0.2) is 5.82 Å². The number of fused-ring (bicyclic) bond motifs is 1. The van der Waals surface area contributed by atoms with Crippen molar-refractivity contribution < 1.29 is 0 Å². The zero-order chi connectivity index (χ0) is 20.5. The van der Waals surface area contributed by atoms with Crippen molar-refractivity contribution in [2.24, 2.45) is 0 Å². The van der Waals surface area contributed by atoms with Crippen LogP contribution in [0.5, 0.6) is 0 Å². The average molecular weight is 394 g/mol. The van der Waals surface area contributed by atoms with E-state index in [1.165, 1.54) is 31.2 Å². The van der Waals surface area contributed by atoms with E-state index in [2.05, 4.69) is 65.1 Å². The molecule has 0 spiro atoms. The summed E-state index contributed by atoms with van der Waals surface area (Å²) < 4.78 is 2.31. The highest BCUT2D eigenvalue weighted by molar-refractivity contribution is 5.88. The second-order valence-electron chi connectivity index (χ2n) is 7.80. The number of imidazole rings is 1. The first-order valence-corrected chi connectivity index (χ1v) is 11.2. The monoisotopic (exact) mass is 393 g/mol. The molecule has 5 heteroatoms. The third-order valence-corrected chi connectivity index (χ3v) is 5.37. The smallest absolute Gasteiger partial charge is 0.154 e. The Labute approximate surface area is 174 Å². The highest BCUT2D eigenvalue weighted by Gasteiger charge is 2.15. The summed E-state index contributed by atoms with van der Waals surface area (Å²) in [4.78, 5) is 9.43. The number of nitrogens with one attached hydrogen (secondary N) is 1. The fraction of sp³-hybridized carbons (Fsp3) is 0.500. The number of rotatable bonds is 12. The molecule has 0 aliphatic heterocycles. The lowest BCUT2D eigenvalue weighted by atomic mass is 10.1. The minimum absolute atomic E-state index is 0.514. The van der Waals surface area contributed by atoms with Gasteiger partial charge in [-0.25, -0.2) is 9.97 Å². The van der Waals surface area contributed by atoms with Crippen molar-refractivity contribution in [1.82, 2.24) is 14.5 Å². The molecule has 0 amide bonds. The van der Waals surface area contributed by atoms with Gasteiger partial charge in [0, 0.05) is 25.6 Å². The number of hydrogen-bond acceptors (Lipinski definition) is 4. The van der Waals surface area contributed by atoms with Crippen molar-refractivity contribution in [1.29, 1.82) is 0 Å². The van der Waals surface area contributed by atoms with E-state index in [-0.39, 0.29) is 0 Å². The highest BCUT2D eigenvalue weighted by atomic mass is 15.1. The Morgan fingerprint density at radius 2 is 1.69 bits per heavy atom. The zero-order valence-electron chi connectivity index (χ0n) is 18.0. The summed E-state index contributed by atoms with van der Waals surface area (Å²) in [5, 5.41) is 3.47. The number of nitrogen functional groups attached to an aromatic ring is 1. The van der Waals surface area contributed by atoms with Gasteiger partial charge in [-0.05, 0) is 18.4 Å². The van der Waals surface area contributed by atoms with Crippen LogP contribution < -0.4 is 11.1 Å². The first-order chi connectivity index (χ1) is 14.2. The molecule has 0 atom stereocenters. The number of aromatic nitrogens is 3. The molecule has 3 rings (SSSR count). The Bertz CT molecular complexity index is 885. The van der Waals surface area contributed by atoms with E-state index in [0.717, 1.165) is 61.4 Å². The van der Waals surface area contributed by atoms with Crippen LogP contribution in [0.15, 0.2) is 36.4 Å². The van der Waals surface area contributed by atoms with Gasteiger partial charge in [-0.3, -0.25) is 0 Å². The standard InChI is InChI=1S/C24H35N5/c1-3-5-7-8-12-16-26-21-17-20-23(24(25)27-21)28-22(15-6-4-2)29(20)18-19-13-10-9-11-14-19/h9-11,13-14,17H,3-8,12,15-16,18H2,1-2H3,(H3,25,26,27). The second-order valence-corrected chi connectivity index (χ2v) is 7.80. The van der Waals surface area contributed by atoms with Crippen LogP contribution in [0.3, 0.4) is 0 Å². The van der Waals surface area contributed by atoms with Gasteiger partial charge in [-0.2, -0.15) is 0 Å². The van der Waals surface area contributed by atoms with Crippen LogP contribution in [0.1, 0.15) is 70.2 Å². The number of benzene rings is 1. The lowest BCUT2D eigenvalue weighted by Gasteiger charge is -2.11. The predicted octanol–water partition coefficient (Wildman–Crippen LogP) is 5.79. The van der Waals surface area contributed by atoms with Crippen molar-refractivity contribution in [3.63, 3.8) is 0 Å². The lowest BCUT2D eigenvalue weighted by molar-refractivity contribution is 0.645. The maximum absolute atomic E-state index is 6.30. The van der Waals surface area contributed by atoms with E-state index in [9.17, 15) is 0 Å². The molecule has 0 bridgehead atoms. The number of nitrogens with two attached hydrogens (primary N) is 1. The topological polar surface area (TPSA) is 68.8 Å². The Morgan fingerprint density at radius 3 is 2.45 bits per heavy atom. The summed E-state index contributed by atoms with van der Waals surface area (Å²) in [7, 11) is 0. The minimum atomic E-state index is 0.514. The normalized spacial score (nSPS) is 11.2. The highest BCUT2D eigenvalue weighted by Crippen LogP contribution is 2.26. The summed E-state index contributed by atoms with van der Waals surface area (Å²) in [5.41, 5.74) is 9.46. The molecule has 1 aromatic carbocycles. The van der Waals surface area contributed by atoms with Crippen molar-refractivity contribution in [2.45, 2.75) is 71.8 Å². The molecule has 0 fully saturated rings. The average Bonchev–Trinajstić information content (AvgIpc) is 3.08. The Hall–Kier alpha value is -2.56. The van der Waals surface area contributed by atoms with Crippen LogP contribution >= 0.6 is 0 Å². The van der Waals surface area contributed by atoms with E-state index >= 15 is 0 Å². The number of hydrogen-bond donors (Lipinski definition) is 2. The molecule has 2 aromatic heterocycles. The van der Waals surface area contributed by atoms with Crippen LogP contribution in [-0.2, 0) is 13.0 Å². The van der Waals surface area contributed by atoms with E-state index < -0.39 is 0 Å². The van der Waals surface area contributed by atoms with Gasteiger partial charge >= 0.3 is 0 Å². The molecule has 156 valence electrons. The van der Waals surface area contributed by atoms with Gasteiger partial charge in [-0.15, -0.1) is 0 Å². The van der Waals surface area contributed by atoms with E-state index in [1.54, 1.807) is 0 Å². The van der Waals surface area contributed by atoms with E-state index in [0.29, 0.717) is 5.82 Å². The number of pyridine rings is 1. The van der Waals surface area contributed by atoms with Gasteiger partial charge in [0.1, 0.15) is 17.2 Å². The summed E-state index contributed by atoms with van der Waals surface area (Å²) in [5.74, 6) is 2.46. The first-order valence-electron chi connectivity index (χ1n) is 11.2. The maximum atomic E-state index is 6.30. The fourth-order valence-electron chi connectivity index (χ4n) is 3.70. The number of unbranched alkanes of at least 4 members (excludes halogenated alkanes) is 5. The molecule has 0 saturated heterocycles. The van der Waals surface area contributed by atoms with Crippen molar-refractivity contribution in [2.75, 3.05) is 17.6 Å². The van der Waals surface area contributed by atoms with Gasteiger partial charge in [0.2, 0.25) is 0 Å². The molecule has 3 aromatic rings. The predicted molar refractivity (Wildman–Crippen MR) is 123 cm³/mol. The van der Waals surface area contributed by atoms with Crippen LogP contribution in [0.2, 0.25) is 0 Å². The van der Waals surface area contributed by atoms with Gasteiger partial charge in [0.05, 0.1) is 5.52 Å². The zero-order valence-corrected chi connectivity index (χ0v) is 18.0. The minimum Gasteiger partial charge on any atom is -0.382 e. The third kappa shape index (κ3) is 5.72. The molecular weight excluding hydrogens is 358 g/mol. The molecule has 5 nitrogen and oxygen atoms in total. The molecule has 0 unspecified atom stereocenters. The summed E-state index contributed by atoms with van der Waals surface area (Å²) in [6.07, 6.45) is 9.52. The van der Waals surface area contributed by atoms with Gasteiger partial charge in [-0.1, -0.05) is 76.3 Å². The third-order valence-electron chi connectivity index (χ3n) is 5.37. The Morgan fingerprint density at radius 1 is 0.931 bits per heavy atom. The maximum Gasteiger partial charge on any atom is 0.154 e. The summed E-state index contributed by atoms with van der Waals surface area (Å²) in [6.45, 7) is 6.18. The fourth-order valence-corrected chi connectivity index (χ4v) is 3.70. The molecule has 0 saturated carbocycles. The van der Waals surface area contributed by atoms with Crippen LogP contribution in [0.25, 0.3) is 11.0 Å². The molecule has 0 aliphatic carbocycles. The molecule has 2 heterocycles. The van der Waals surface area contributed by atoms with Gasteiger partial charge in [0.25, 0.3) is 0 Å². The number of anilines is 2. The number of aryl methyl sites for hydroxylation is 1. The Balaban J connectivity index is 1.83. The van der Waals surface area contributed by atoms with Crippen LogP contribution in [-0.4, -0.2) is 21.1 Å². The first kappa shape index (κ1) is 21.2. The van der Waals surface area contributed by atoms with Crippen molar-refractivity contribution in [3.8, 4) is 0 Å². The van der Waals surface area contributed by atoms with E-state index in [1.807, 2.05) is 0 Å². The summed E-state index contributed by atoms with van der Waals surface area (Å²) in [6, 6.07) is 12.7. The lowest BCUT2D eigenvalue weighted by Crippen LogP contribution is -2.07. The van der Waals surface area contributed by atoms with Crippen molar-refractivity contribution >= 4 is 22.7 Å². The molecule has 29 heavy (non-hydrogen) atoms. The Kier molecular flexibility index (Phi) is 7.91. The molecule has 0 radical (unpaired) electrons.